The van der Waals surface area contributed by atoms with Crippen LogP contribution in [0.25, 0.3) is 28.5 Å². The van der Waals surface area contributed by atoms with Crippen LogP contribution in [0, 0.1) is 0 Å². The summed E-state index contributed by atoms with van der Waals surface area (Å²) in [6, 6.07) is 18.9. The quantitative estimate of drug-likeness (QED) is 0.353. The first-order valence-electron chi connectivity index (χ1n) is 10.4. The Morgan fingerprint density at radius 3 is 2.35 bits per heavy atom. The van der Waals surface area contributed by atoms with Crippen molar-refractivity contribution in [3.8, 4) is 40.1 Å². The second-order valence-corrected chi connectivity index (χ2v) is 7.93. The van der Waals surface area contributed by atoms with Crippen LogP contribution in [0.2, 0.25) is 0 Å². The molecular formula is C24H21N6O3P. The highest BCUT2D eigenvalue weighted by Gasteiger charge is 2.18. The molecule has 34 heavy (non-hydrogen) atoms. The molecule has 2 aromatic carbocycles. The van der Waals surface area contributed by atoms with Crippen LogP contribution in [0.15, 0.2) is 84.0 Å². The van der Waals surface area contributed by atoms with E-state index in [0.717, 1.165) is 22.4 Å². The second kappa shape index (κ2) is 8.96. The van der Waals surface area contributed by atoms with Crippen molar-refractivity contribution in [2.75, 3.05) is 14.2 Å². The molecule has 0 radical (unpaired) electrons. The number of para-hydroxylation sites is 1. The van der Waals surface area contributed by atoms with Crippen LogP contribution < -0.4 is 20.2 Å². The number of benzene rings is 2. The Morgan fingerprint density at radius 2 is 1.62 bits per heavy atom. The Balaban J connectivity index is 1.64. The summed E-state index contributed by atoms with van der Waals surface area (Å²) < 4.78 is 15.8. The summed E-state index contributed by atoms with van der Waals surface area (Å²) in [7, 11) is 5.77. The molecule has 3 aromatic heterocycles. The number of aromatic nitrogens is 6. The van der Waals surface area contributed by atoms with Gasteiger partial charge in [-0.1, -0.05) is 18.2 Å². The van der Waals surface area contributed by atoms with E-state index < -0.39 is 0 Å². The SMILES string of the molecule is COc1cn(-c2ccc(-n3nccc3OC)cc2P)nc(-c2ccnn2-c2ccccc2)c1=O. The number of methoxy groups -OCH3 is 2. The van der Waals surface area contributed by atoms with Gasteiger partial charge in [-0.3, -0.25) is 4.79 Å². The molecule has 0 amide bonds. The molecule has 0 saturated heterocycles. The summed E-state index contributed by atoms with van der Waals surface area (Å²) in [6.07, 6.45) is 4.89. The van der Waals surface area contributed by atoms with E-state index in [0.29, 0.717) is 11.6 Å². The molecule has 0 fully saturated rings. The maximum Gasteiger partial charge on any atom is 0.251 e. The molecule has 3 heterocycles. The minimum Gasteiger partial charge on any atom is -0.491 e. The lowest BCUT2D eigenvalue weighted by Crippen LogP contribution is -2.20. The first kappa shape index (κ1) is 21.6. The van der Waals surface area contributed by atoms with Gasteiger partial charge in [0.05, 0.1) is 55.6 Å². The van der Waals surface area contributed by atoms with Gasteiger partial charge in [0, 0.05) is 6.07 Å². The van der Waals surface area contributed by atoms with E-state index in [1.165, 1.54) is 7.11 Å². The zero-order valence-corrected chi connectivity index (χ0v) is 19.6. The van der Waals surface area contributed by atoms with E-state index in [4.69, 9.17) is 9.47 Å². The smallest absolute Gasteiger partial charge is 0.251 e. The van der Waals surface area contributed by atoms with Gasteiger partial charge in [0.2, 0.25) is 5.88 Å². The minimum atomic E-state index is -0.320. The van der Waals surface area contributed by atoms with Gasteiger partial charge in [0.25, 0.3) is 5.43 Å². The summed E-state index contributed by atoms with van der Waals surface area (Å²) in [6.45, 7) is 0. The van der Waals surface area contributed by atoms with Crippen molar-refractivity contribution in [3.05, 3.63) is 89.5 Å². The van der Waals surface area contributed by atoms with E-state index >= 15 is 0 Å². The maximum absolute atomic E-state index is 13.2. The van der Waals surface area contributed by atoms with Crippen molar-refractivity contribution in [2.45, 2.75) is 0 Å². The molecule has 0 bridgehead atoms. The summed E-state index contributed by atoms with van der Waals surface area (Å²) in [5.41, 5.74) is 2.87. The van der Waals surface area contributed by atoms with Crippen LogP contribution in [0.3, 0.4) is 0 Å². The molecule has 0 saturated carbocycles. The van der Waals surface area contributed by atoms with Crippen molar-refractivity contribution >= 4 is 14.5 Å². The highest BCUT2D eigenvalue weighted by Crippen LogP contribution is 2.22. The molecule has 10 heteroatoms. The number of rotatable bonds is 6. The Hall–Kier alpha value is -4.23. The second-order valence-electron chi connectivity index (χ2n) is 7.31. The molecule has 0 aliphatic heterocycles. The van der Waals surface area contributed by atoms with E-state index in [9.17, 15) is 4.79 Å². The van der Waals surface area contributed by atoms with Crippen molar-refractivity contribution in [2.24, 2.45) is 0 Å². The molecule has 0 spiro atoms. The lowest BCUT2D eigenvalue weighted by molar-refractivity contribution is 0.383. The molecule has 5 aromatic rings. The Kier molecular flexibility index (Phi) is 5.69. The summed E-state index contributed by atoms with van der Waals surface area (Å²) in [5.74, 6) is 0.796. The predicted molar refractivity (Wildman–Crippen MR) is 132 cm³/mol. The molecule has 0 N–H and O–H groups in total. The third kappa shape index (κ3) is 3.76. The average Bonchev–Trinajstić information content (AvgIpc) is 3.54. The van der Waals surface area contributed by atoms with E-state index in [2.05, 4.69) is 24.5 Å². The normalized spacial score (nSPS) is 10.9. The minimum absolute atomic E-state index is 0.174. The van der Waals surface area contributed by atoms with Gasteiger partial charge in [-0.2, -0.15) is 15.3 Å². The van der Waals surface area contributed by atoms with Gasteiger partial charge in [0.15, 0.2) is 11.4 Å². The fraction of sp³-hybridized carbons (Fsp3) is 0.0833. The molecule has 170 valence electrons. The Bertz CT molecular complexity index is 1520. The zero-order chi connectivity index (χ0) is 23.7. The van der Waals surface area contributed by atoms with E-state index in [1.807, 2.05) is 48.5 Å². The number of ether oxygens (including phenoxy) is 2. The van der Waals surface area contributed by atoms with Crippen LogP contribution in [-0.2, 0) is 0 Å². The molecular weight excluding hydrogens is 451 g/mol. The maximum atomic E-state index is 13.2. The van der Waals surface area contributed by atoms with Gasteiger partial charge in [-0.25, -0.2) is 14.0 Å². The van der Waals surface area contributed by atoms with Crippen LogP contribution in [0.5, 0.6) is 11.6 Å². The van der Waals surface area contributed by atoms with Crippen LogP contribution >= 0.6 is 9.24 Å². The van der Waals surface area contributed by atoms with Gasteiger partial charge in [-0.15, -0.1) is 9.24 Å². The number of hydrogen-bond acceptors (Lipinski definition) is 6. The van der Waals surface area contributed by atoms with Crippen molar-refractivity contribution in [1.82, 2.24) is 29.3 Å². The Morgan fingerprint density at radius 1 is 0.853 bits per heavy atom. The standard InChI is InChI=1S/C24H21N6O3P/c1-32-20-15-28(18-9-8-17(14-21(18)34)30-22(33-2)11-13-26-30)27-23(24(20)31)19-10-12-25-29(19)16-6-4-3-5-7-16/h3-15H,34H2,1-2H3. The third-order valence-electron chi connectivity index (χ3n) is 5.31. The lowest BCUT2D eigenvalue weighted by atomic mass is 10.2. The van der Waals surface area contributed by atoms with Crippen LogP contribution in [0.4, 0.5) is 0 Å². The largest absolute Gasteiger partial charge is 0.491 e. The molecule has 5 rings (SSSR count). The average molecular weight is 472 g/mol. The van der Waals surface area contributed by atoms with Gasteiger partial charge in [0.1, 0.15) is 0 Å². The number of nitrogens with zero attached hydrogens (tertiary/aromatic N) is 6. The van der Waals surface area contributed by atoms with Crippen LogP contribution in [0.1, 0.15) is 0 Å². The molecule has 0 aliphatic rings. The third-order valence-corrected chi connectivity index (χ3v) is 5.77. The first-order valence-corrected chi connectivity index (χ1v) is 10.9. The summed E-state index contributed by atoms with van der Waals surface area (Å²) >= 11 is 0. The van der Waals surface area contributed by atoms with E-state index in [-0.39, 0.29) is 16.9 Å². The summed E-state index contributed by atoms with van der Waals surface area (Å²) in [4.78, 5) is 13.2. The van der Waals surface area contributed by atoms with Gasteiger partial charge < -0.3 is 9.47 Å². The van der Waals surface area contributed by atoms with Crippen molar-refractivity contribution in [1.29, 1.82) is 0 Å². The Labute approximate surface area is 197 Å². The monoisotopic (exact) mass is 472 g/mol. The fourth-order valence-corrected chi connectivity index (χ4v) is 4.08. The molecule has 1 atom stereocenters. The highest BCUT2D eigenvalue weighted by molar-refractivity contribution is 7.27. The zero-order valence-electron chi connectivity index (χ0n) is 18.5. The lowest BCUT2D eigenvalue weighted by Gasteiger charge is -2.14. The van der Waals surface area contributed by atoms with Gasteiger partial charge in [-0.05, 0) is 41.7 Å². The molecule has 1 unspecified atom stereocenters. The van der Waals surface area contributed by atoms with Crippen molar-refractivity contribution < 1.29 is 9.47 Å². The molecule has 9 nitrogen and oxygen atoms in total. The van der Waals surface area contributed by atoms with E-state index in [1.54, 1.807) is 51.9 Å². The number of hydrogen-bond donors (Lipinski definition) is 0. The van der Waals surface area contributed by atoms with Crippen molar-refractivity contribution in [3.63, 3.8) is 0 Å². The van der Waals surface area contributed by atoms with Crippen LogP contribution in [-0.4, -0.2) is 43.6 Å². The first-order chi connectivity index (χ1) is 16.6. The fourth-order valence-electron chi connectivity index (χ4n) is 3.68. The summed E-state index contributed by atoms with van der Waals surface area (Å²) in [5, 5.41) is 14.2. The predicted octanol–water partition coefficient (Wildman–Crippen LogP) is 2.79. The highest BCUT2D eigenvalue weighted by atomic mass is 31.0. The molecule has 0 aliphatic carbocycles. The van der Waals surface area contributed by atoms with Gasteiger partial charge >= 0.3 is 0 Å². The topological polar surface area (TPSA) is 89.0 Å².